The number of hydrogen-bond donors (Lipinski definition) is 1. The van der Waals surface area contributed by atoms with Crippen LogP contribution in [0.5, 0.6) is 0 Å². The number of aryl methyl sites for hydroxylation is 1. The average molecular weight is 438 g/mol. The van der Waals surface area contributed by atoms with Gasteiger partial charge in [-0.25, -0.2) is 8.42 Å². The Kier molecular flexibility index (Phi) is 8.34. The Bertz CT molecular complexity index is 920. The summed E-state index contributed by atoms with van der Waals surface area (Å²) < 4.78 is 25.8. The first kappa shape index (κ1) is 23.0. The van der Waals surface area contributed by atoms with Gasteiger partial charge in [-0.2, -0.15) is 0 Å². The van der Waals surface area contributed by atoms with Crippen LogP contribution in [0.15, 0.2) is 48.5 Å². The number of benzene rings is 2. The normalized spacial score (nSPS) is 11.2. The maximum Gasteiger partial charge on any atom is 0.232 e. The van der Waals surface area contributed by atoms with E-state index >= 15 is 0 Å². The van der Waals surface area contributed by atoms with E-state index in [0.29, 0.717) is 30.2 Å². The number of anilines is 2. The van der Waals surface area contributed by atoms with E-state index in [0.717, 1.165) is 17.5 Å². The van der Waals surface area contributed by atoms with Crippen LogP contribution in [0.4, 0.5) is 11.4 Å². The number of carbonyl (C=O) groups excluding carboxylic acids is 1. The van der Waals surface area contributed by atoms with Gasteiger partial charge in [0, 0.05) is 43.8 Å². The summed E-state index contributed by atoms with van der Waals surface area (Å²) in [5.74, 6) is -0.0947. The molecule has 1 amide bonds. The van der Waals surface area contributed by atoms with Gasteiger partial charge in [-0.05, 0) is 43.2 Å². The van der Waals surface area contributed by atoms with Crippen LogP contribution in [0.25, 0.3) is 0 Å². The van der Waals surface area contributed by atoms with Crippen molar-refractivity contribution in [2.24, 2.45) is 0 Å². The lowest BCUT2D eigenvalue weighted by atomic mass is 10.2. The fourth-order valence-electron chi connectivity index (χ4n) is 2.96. The fraction of sp³-hybridized carbons (Fsp3) is 0.381. The van der Waals surface area contributed by atoms with Crippen LogP contribution in [-0.2, 0) is 14.8 Å². The molecule has 0 bridgehead atoms. The second kappa shape index (κ2) is 10.5. The van der Waals surface area contributed by atoms with Gasteiger partial charge in [-0.3, -0.25) is 9.10 Å². The molecule has 0 unspecified atom stereocenters. The Morgan fingerprint density at radius 2 is 1.79 bits per heavy atom. The molecule has 8 heteroatoms. The second-order valence-electron chi connectivity index (χ2n) is 6.98. The van der Waals surface area contributed by atoms with Crippen molar-refractivity contribution >= 4 is 38.9 Å². The molecule has 0 aliphatic rings. The van der Waals surface area contributed by atoms with E-state index in [4.69, 9.17) is 11.6 Å². The number of rotatable bonds is 10. The standard InChI is InChI=1S/C21H28ClN3O3S/c1-17-11-12-18(22)16-20(17)25(29(3,27)28)14-7-10-21(26)23-13-15-24(2)19-8-5-4-6-9-19/h4-6,8-9,11-12,16H,7,10,13-15H2,1-3H3,(H,23,26). The zero-order valence-corrected chi connectivity index (χ0v) is 18.6. The van der Waals surface area contributed by atoms with Crippen molar-refractivity contribution in [1.29, 1.82) is 0 Å². The van der Waals surface area contributed by atoms with E-state index in [-0.39, 0.29) is 18.9 Å². The smallest absolute Gasteiger partial charge is 0.232 e. The molecule has 2 aromatic rings. The minimum absolute atomic E-state index is 0.0947. The molecular weight excluding hydrogens is 410 g/mol. The Balaban J connectivity index is 1.83. The predicted octanol–water partition coefficient (Wildman–Crippen LogP) is 3.45. The molecule has 0 heterocycles. The van der Waals surface area contributed by atoms with Crippen molar-refractivity contribution < 1.29 is 13.2 Å². The lowest BCUT2D eigenvalue weighted by molar-refractivity contribution is -0.121. The van der Waals surface area contributed by atoms with Crippen LogP contribution in [0, 0.1) is 6.92 Å². The summed E-state index contributed by atoms with van der Waals surface area (Å²) in [7, 11) is -1.51. The van der Waals surface area contributed by atoms with Crippen molar-refractivity contribution in [1.82, 2.24) is 5.32 Å². The lowest BCUT2D eigenvalue weighted by Crippen LogP contribution is -2.34. The highest BCUT2D eigenvalue weighted by molar-refractivity contribution is 7.92. The molecule has 0 fully saturated rings. The van der Waals surface area contributed by atoms with E-state index in [1.54, 1.807) is 18.2 Å². The number of sulfonamides is 1. The largest absolute Gasteiger partial charge is 0.373 e. The molecule has 2 aromatic carbocycles. The van der Waals surface area contributed by atoms with Crippen molar-refractivity contribution in [2.45, 2.75) is 19.8 Å². The summed E-state index contributed by atoms with van der Waals surface area (Å²) in [4.78, 5) is 14.2. The Morgan fingerprint density at radius 1 is 1.10 bits per heavy atom. The van der Waals surface area contributed by atoms with Gasteiger partial charge < -0.3 is 10.2 Å². The average Bonchev–Trinajstić information content (AvgIpc) is 2.67. The molecule has 0 aliphatic heterocycles. The van der Waals surface area contributed by atoms with E-state index in [1.165, 1.54) is 4.31 Å². The number of likely N-dealkylation sites (N-methyl/N-ethyl adjacent to an activating group) is 1. The van der Waals surface area contributed by atoms with Gasteiger partial charge in [-0.15, -0.1) is 0 Å². The van der Waals surface area contributed by atoms with E-state index in [1.807, 2.05) is 44.3 Å². The van der Waals surface area contributed by atoms with Gasteiger partial charge in [0.2, 0.25) is 15.9 Å². The summed E-state index contributed by atoms with van der Waals surface area (Å²) in [6.45, 7) is 3.26. The number of nitrogens with one attached hydrogen (secondary N) is 1. The molecule has 0 saturated carbocycles. The van der Waals surface area contributed by atoms with Gasteiger partial charge in [0.25, 0.3) is 0 Å². The third-order valence-electron chi connectivity index (χ3n) is 4.57. The molecule has 0 spiro atoms. The molecule has 158 valence electrons. The summed E-state index contributed by atoms with van der Waals surface area (Å²) >= 11 is 6.03. The van der Waals surface area contributed by atoms with Crippen LogP contribution in [-0.4, -0.2) is 47.3 Å². The molecule has 1 N–H and O–H groups in total. The zero-order chi connectivity index (χ0) is 21.4. The van der Waals surface area contributed by atoms with E-state index in [2.05, 4.69) is 10.2 Å². The van der Waals surface area contributed by atoms with Gasteiger partial charge >= 0.3 is 0 Å². The number of carbonyl (C=O) groups is 1. The van der Waals surface area contributed by atoms with Crippen molar-refractivity contribution in [3.63, 3.8) is 0 Å². The molecule has 0 aliphatic carbocycles. The maximum atomic E-state index is 12.2. The highest BCUT2D eigenvalue weighted by atomic mass is 35.5. The Morgan fingerprint density at radius 3 is 2.45 bits per heavy atom. The topological polar surface area (TPSA) is 69.7 Å². The summed E-state index contributed by atoms with van der Waals surface area (Å²) in [5, 5.41) is 3.36. The molecule has 0 saturated heterocycles. The number of amides is 1. The highest BCUT2D eigenvalue weighted by Gasteiger charge is 2.19. The van der Waals surface area contributed by atoms with E-state index < -0.39 is 10.0 Å². The zero-order valence-electron chi connectivity index (χ0n) is 17.1. The number of hydrogen-bond acceptors (Lipinski definition) is 4. The molecule has 0 radical (unpaired) electrons. The third-order valence-corrected chi connectivity index (χ3v) is 5.99. The molecule has 2 rings (SSSR count). The molecular formula is C21H28ClN3O3S. The van der Waals surface area contributed by atoms with Gasteiger partial charge in [0.05, 0.1) is 11.9 Å². The van der Waals surface area contributed by atoms with Gasteiger partial charge in [0.15, 0.2) is 0 Å². The van der Waals surface area contributed by atoms with Crippen LogP contribution >= 0.6 is 11.6 Å². The van der Waals surface area contributed by atoms with E-state index in [9.17, 15) is 13.2 Å². The van der Waals surface area contributed by atoms with Crippen molar-refractivity contribution in [3.05, 3.63) is 59.1 Å². The highest BCUT2D eigenvalue weighted by Crippen LogP contribution is 2.26. The lowest BCUT2D eigenvalue weighted by Gasteiger charge is -2.24. The summed E-state index contributed by atoms with van der Waals surface area (Å²) in [6.07, 6.45) is 1.83. The molecule has 0 atom stereocenters. The first-order chi connectivity index (χ1) is 13.7. The molecule has 29 heavy (non-hydrogen) atoms. The number of para-hydroxylation sites is 1. The quantitative estimate of drug-likeness (QED) is 0.618. The number of nitrogens with zero attached hydrogens (tertiary/aromatic N) is 2. The first-order valence-electron chi connectivity index (χ1n) is 9.45. The second-order valence-corrected chi connectivity index (χ2v) is 9.32. The van der Waals surface area contributed by atoms with Crippen LogP contribution in [0.3, 0.4) is 0 Å². The van der Waals surface area contributed by atoms with Crippen molar-refractivity contribution in [3.8, 4) is 0 Å². The maximum absolute atomic E-state index is 12.2. The summed E-state index contributed by atoms with van der Waals surface area (Å²) in [6, 6.07) is 15.1. The molecule has 6 nitrogen and oxygen atoms in total. The predicted molar refractivity (Wildman–Crippen MR) is 120 cm³/mol. The Labute approximate surface area is 178 Å². The van der Waals surface area contributed by atoms with Crippen LogP contribution in [0.2, 0.25) is 5.02 Å². The Hall–Kier alpha value is -2.25. The first-order valence-corrected chi connectivity index (χ1v) is 11.7. The molecule has 0 aromatic heterocycles. The minimum atomic E-state index is -3.48. The van der Waals surface area contributed by atoms with Crippen LogP contribution < -0.4 is 14.5 Å². The van der Waals surface area contributed by atoms with Crippen molar-refractivity contribution in [2.75, 3.05) is 42.1 Å². The SMILES string of the molecule is Cc1ccc(Cl)cc1N(CCCC(=O)NCCN(C)c1ccccc1)S(C)(=O)=O. The van der Waals surface area contributed by atoms with Gasteiger partial charge in [-0.1, -0.05) is 35.9 Å². The van der Waals surface area contributed by atoms with Gasteiger partial charge in [0.1, 0.15) is 0 Å². The minimum Gasteiger partial charge on any atom is -0.373 e. The summed E-state index contributed by atoms with van der Waals surface area (Å²) in [5.41, 5.74) is 2.44. The third kappa shape index (κ3) is 7.25. The number of halogens is 1. The fourth-order valence-corrected chi connectivity index (χ4v) is 4.14. The van der Waals surface area contributed by atoms with Crippen LogP contribution in [0.1, 0.15) is 18.4 Å². The monoisotopic (exact) mass is 437 g/mol.